The van der Waals surface area contributed by atoms with Crippen LogP contribution >= 0.6 is 0 Å². The Balaban J connectivity index is 0.000000209. The summed E-state index contributed by atoms with van der Waals surface area (Å²) in [6, 6.07) is 23.3. The Kier molecular flexibility index (Phi) is 8.46. The zero-order valence-corrected chi connectivity index (χ0v) is 14.8. The van der Waals surface area contributed by atoms with E-state index in [9.17, 15) is 0 Å². The third-order valence-corrected chi connectivity index (χ3v) is 3.51. The number of hydrogen-bond donors (Lipinski definition) is 0. The standard InChI is InChI=1S/C11H10.C10H12.C2H6/c1-9-5-4-7-10-6-2-3-8-11(9)10;1-3-4-10-7-5-9(2)6-8-10;1-2/h2-8H,1H3;3,5-8H,1,4H2,2H3;1-2H3. The van der Waals surface area contributed by atoms with E-state index in [4.69, 9.17) is 0 Å². The number of rotatable bonds is 2. The second-order valence-corrected chi connectivity index (χ2v) is 5.27. The highest BCUT2D eigenvalue weighted by Gasteiger charge is 1.92. The minimum atomic E-state index is 0.972. The Morgan fingerprint density at radius 3 is 2.00 bits per heavy atom. The Hall–Kier alpha value is -2.34. The first-order valence-corrected chi connectivity index (χ1v) is 8.31. The molecule has 3 rings (SSSR count). The van der Waals surface area contributed by atoms with Crippen molar-refractivity contribution >= 4 is 10.8 Å². The highest BCUT2D eigenvalue weighted by Crippen LogP contribution is 2.16. The molecular weight excluding hydrogens is 276 g/mol. The highest BCUT2D eigenvalue weighted by atomic mass is 14.0. The highest BCUT2D eigenvalue weighted by molar-refractivity contribution is 5.85. The Morgan fingerprint density at radius 2 is 1.39 bits per heavy atom. The zero-order chi connectivity index (χ0) is 17.1. The van der Waals surface area contributed by atoms with Gasteiger partial charge in [-0.2, -0.15) is 0 Å². The van der Waals surface area contributed by atoms with Crippen molar-refractivity contribution < 1.29 is 0 Å². The summed E-state index contributed by atoms with van der Waals surface area (Å²) < 4.78 is 0. The summed E-state index contributed by atoms with van der Waals surface area (Å²) in [5, 5.41) is 2.68. The van der Waals surface area contributed by atoms with Crippen LogP contribution in [-0.2, 0) is 6.42 Å². The maximum Gasteiger partial charge on any atom is -0.0100 e. The number of hydrogen-bond acceptors (Lipinski definition) is 0. The molecule has 0 fully saturated rings. The molecule has 0 N–H and O–H groups in total. The molecule has 0 aromatic heterocycles. The fourth-order valence-electron chi connectivity index (χ4n) is 2.28. The summed E-state index contributed by atoms with van der Waals surface area (Å²) in [6.07, 6.45) is 2.89. The van der Waals surface area contributed by atoms with Gasteiger partial charge >= 0.3 is 0 Å². The van der Waals surface area contributed by atoms with Gasteiger partial charge in [-0.3, -0.25) is 0 Å². The van der Waals surface area contributed by atoms with Gasteiger partial charge in [0.15, 0.2) is 0 Å². The lowest BCUT2D eigenvalue weighted by atomic mass is 10.1. The van der Waals surface area contributed by atoms with Gasteiger partial charge in [-0.15, -0.1) is 6.58 Å². The van der Waals surface area contributed by atoms with Crippen LogP contribution in [0.5, 0.6) is 0 Å². The molecule has 0 saturated carbocycles. The predicted molar refractivity (Wildman–Crippen MR) is 105 cm³/mol. The maximum atomic E-state index is 3.68. The van der Waals surface area contributed by atoms with Crippen molar-refractivity contribution in [2.24, 2.45) is 0 Å². The normalized spacial score (nSPS) is 9.22. The number of allylic oxidation sites excluding steroid dienone is 1. The molecule has 0 spiro atoms. The number of aryl methyl sites for hydroxylation is 2. The van der Waals surface area contributed by atoms with Crippen molar-refractivity contribution in [1.29, 1.82) is 0 Å². The fraction of sp³-hybridized carbons (Fsp3) is 0.217. The molecule has 3 aromatic carbocycles. The second kappa shape index (κ2) is 10.4. The van der Waals surface area contributed by atoms with E-state index in [2.05, 4.69) is 87.2 Å². The van der Waals surface area contributed by atoms with Crippen molar-refractivity contribution in [1.82, 2.24) is 0 Å². The van der Waals surface area contributed by atoms with Gasteiger partial charge in [0.25, 0.3) is 0 Å². The van der Waals surface area contributed by atoms with Crippen LogP contribution in [0.25, 0.3) is 10.8 Å². The molecule has 23 heavy (non-hydrogen) atoms. The molecule has 0 saturated heterocycles. The Bertz CT molecular complexity index is 700. The van der Waals surface area contributed by atoms with Crippen LogP contribution < -0.4 is 0 Å². The molecule has 0 aliphatic carbocycles. The molecule has 120 valence electrons. The first-order chi connectivity index (χ1) is 11.2. The molecule has 0 heterocycles. The molecule has 0 nitrogen and oxygen atoms in total. The second-order valence-electron chi connectivity index (χ2n) is 5.27. The van der Waals surface area contributed by atoms with Crippen LogP contribution in [0.4, 0.5) is 0 Å². The van der Waals surface area contributed by atoms with Gasteiger partial charge in [0.05, 0.1) is 0 Å². The van der Waals surface area contributed by atoms with Crippen LogP contribution in [0.1, 0.15) is 30.5 Å². The van der Waals surface area contributed by atoms with Crippen molar-refractivity contribution in [3.63, 3.8) is 0 Å². The minimum absolute atomic E-state index is 0.972. The van der Waals surface area contributed by atoms with Crippen molar-refractivity contribution in [3.05, 3.63) is 96.1 Å². The fourth-order valence-corrected chi connectivity index (χ4v) is 2.28. The largest absolute Gasteiger partial charge is 0.103 e. The first kappa shape index (κ1) is 18.7. The molecule has 0 unspecified atom stereocenters. The maximum absolute atomic E-state index is 3.68. The quantitative estimate of drug-likeness (QED) is 0.452. The van der Waals surface area contributed by atoms with E-state index in [1.54, 1.807) is 0 Å². The Morgan fingerprint density at radius 1 is 0.783 bits per heavy atom. The predicted octanol–water partition coefficient (Wildman–Crippen LogP) is 6.90. The SMILES string of the molecule is C=CCc1ccc(C)cc1.CC.Cc1cccc2ccccc12. The van der Waals surface area contributed by atoms with Gasteiger partial charge < -0.3 is 0 Å². The van der Waals surface area contributed by atoms with Crippen LogP contribution in [0.2, 0.25) is 0 Å². The molecule has 0 atom stereocenters. The molecule has 0 aliphatic rings. The van der Waals surface area contributed by atoms with Gasteiger partial charge in [0.1, 0.15) is 0 Å². The molecule has 0 aliphatic heterocycles. The topological polar surface area (TPSA) is 0 Å². The van der Waals surface area contributed by atoms with Crippen molar-refractivity contribution in [2.45, 2.75) is 34.1 Å². The summed E-state index contributed by atoms with van der Waals surface area (Å²) in [4.78, 5) is 0. The monoisotopic (exact) mass is 304 g/mol. The van der Waals surface area contributed by atoms with Gasteiger partial charge in [0, 0.05) is 0 Å². The molecule has 0 amide bonds. The molecule has 0 bridgehead atoms. The third-order valence-electron chi connectivity index (χ3n) is 3.51. The average molecular weight is 304 g/mol. The van der Waals surface area contributed by atoms with Gasteiger partial charge in [-0.25, -0.2) is 0 Å². The van der Waals surface area contributed by atoms with E-state index in [0.29, 0.717) is 0 Å². The van der Waals surface area contributed by atoms with Crippen LogP contribution in [0.15, 0.2) is 79.4 Å². The summed E-state index contributed by atoms with van der Waals surface area (Å²) >= 11 is 0. The van der Waals surface area contributed by atoms with E-state index in [1.165, 1.54) is 27.5 Å². The Labute approximate surface area is 141 Å². The van der Waals surface area contributed by atoms with Crippen LogP contribution in [-0.4, -0.2) is 0 Å². The molecule has 0 heteroatoms. The van der Waals surface area contributed by atoms with Gasteiger partial charge in [-0.05, 0) is 42.2 Å². The van der Waals surface area contributed by atoms with Gasteiger partial charge in [0.2, 0.25) is 0 Å². The van der Waals surface area contributed by atoms with E-state index >= 15 is 0 Å². The third kappa shape index (κ3) is 6.12. The summed E-state index contributed by atoms with van der Waals surface area (Å²) in [5.41, 5.74) is 4.00. The van der Waals surface area contributed by atoms with E-state index in [0.717, 1.165) is 6.42 Å². The lowest BCUT2D eigenvalue weighted by molar-refractivity contribution is 1.26. The van der Waals surface area contributed by atoms with Gasteiger partial charge in [-0.1, -0.05) is 92.2 Å². The molecule has 3 aromatic rings. The number of benzene rings is 3. The van der Waals surface area contributed by atoms with E-state index in [-0.39, 0.29) is 0 Å². The first-order valence-electron chi connectivity index (χ1n) is 8.31. The lowest BCUT2D eigenvalue weighted by Gasteiger charge is -1.98. The zero-order valence-electron chi connectivity index (χ0n) is 14.8. The lowest BCUT2D eigenvalue weighted by Crippen LogP contribution is -1.79. The summed E-state index contributed by atoms with van der Waals surface area (Å²) in [7, 11) is 0. The summed E-state index contributed by atoms with van der Waals surface area (Å²) in [5.74, 6) is 0. The van der Waals surface area contributed by atoms with Crippen LogP contribution in [0, 0.1) is 13.8 Å². The van der Waals surface area contributed by atoms with Crippen molar-refractivity contribution in [2.75, 3.05) is 0 Å². The van der Waals surface area contributed by atoms with Crippen molar-refractivity contribution in [3.8, 4) is 0 Å². The molecular formula is C23H28. The van der Waals surface area contributed by atoms with E-state index < -0.39 is 0 Å². The molecule has 0 radical (unpaired) electrons. The van der Waals surface area contributed by atoms with E-state index in [1.807, 2.05) is 19.9 Å². The minimum Gasteiger partial charge on any atom is -0.103 e. The average Bonchev–Trinajstić information content (AvgIpc) is 2.60. The number of fused-ring (bicyclic) bond motifs is 1. The smallest absolute Gasteiger partial charge is 0.0100 e. The van der Waals surface area contributed by atoms with Crippen LogP contribution in [0.3, 0.4) is 0 Å². The summed E-state index contributed by atoms with van der Waals surface area (Å²) in [6.45, 7) is 11.9.